The van der Waals surface area contributed by atoms with E-state index in [-0.39, 0.29) is 0 Å². The molecule has 1 aliphatic rings. The number of aromatic nitrogens is 2. The summed E-state index contributed by atoms with van der Waals surface area (Å²) >= 11 is 1.76. The number of benzene rings is 1. The Bertz CT molecular complexity index is 756. The molecule has 0 aliphatic heterocycles. The molecule has 1 aliphatic carbocycles. The molecule has 2 heterocycles. The summed E-state index contributed by atoms with van der Waals surface area (Å²) in [5, 5.41) is 2.45. The van der Waals surface area contributed by atoms with E-state index >= 15 is 0 Å². The van der Waals surface area contributed by atoms with Crippen molar-refractivity contribution in [2.75, 3.05) is 6.26 Å². The van der Waals surface area contributed by atoms with Crippen molar-refractivity contribution in [2.24, 2.45) is 0 Å². The third kappa shape index (κ3) is 1.85. The molecule has 2 aromatic heterocycles. The molecule has 0 spiro atoms. The highest BCUT2D eigenvalue weighted by Crippen LogP contribution is 2.33. The van der Waals surface area contributed by atoms with Crippen LogP contribution < -0.4 is 0 Å². The number of pyridine rings is 1. The SMILES string of the molecule is CSc1nc(-c2cc3ccccc3[nH]2)cc2c1CCC2. The van der Waals surface area contributed by atoms with E-state index < -0.39 is 0 Å². The number of rotatable bonds is 2. The molecular weight excluding hydrogens is 264 g/mol. The first-order valence-corrected chi connectivity index (χ1v) is 8.22. The summed E-state index contributed by atoms with van der Waals surface area (Å²) in [6.07, 6.45) is 5.76. The lowest BCUT2D eigenvalue weighted by molar-refractivity contribution is 0.900. The highest BCUT2D eigenvalue weighted by Gasteiger charge is 2.18. The molecule has 0 unspecified atom stereocenters. The third-order valence-electron chi connectivity index (χ3n) is 4.05. The average molecular weight is 280 g/mol. The van der Waals surface area contributed by atoms with Crippen molar-refractivity contribution in [2.45, 2.75) is 24.3 Å². The molecule has 0 atom stereocenters. The predicted molar refractivity (Wildman–Crippen MR) is 85.3 cm³/mol. The van der Waals surface area contributed by atoms with E-state index in [0.29, 0.717) is 0 Å². The first-order valence-electron chi connectivity index (χ1n) is 7.00. The quantitative estimate of drug-likeness (QED) is 0.703. The fraction of sp³-hybridized carbons (Fsp3) is 0.235. The van der Waals surface area contributed by atoms with Crippen molar-refractivity contribution in [1.82, 2.24) is 9.97 Å². The molecule has 0 fully saturated rings. The van der Waals surface area contributed by atoms with Gasteiger partial charge in [-0.25, -0.2) is 4.98 Å². The molecule has 100 valence electrons. The second-order valence-electron chi connectivity index (χ2n) is 5.28. The number of nitrogens with one attached hydrogen (secondary N) is 1. The number of nitrogens with zero attached hydrogens (tertiary/aromatic N) is 1. The maximum Gasteiger partial charge on any atom is 0.1000 e. The largest absolute Gasteiger partial charge is 0.353 e. The molecule has 0 radical (unpaired) electrons. The minimum absolute atomic E-state index is 1.08. The normalized spacial score (nSPS) is 13.8. The minimum Gasteiger partial charge on any atom is -0.353 e. The fourth-order valence-electron chi connectivity index (χ4n) is 3.06. The number of aromatic amines is 1. The molecule has 3 heteroatoms. The third-order valence-corrected chi connectivity index (χ3v) is 4.78. The Morgan fingerprint density at radius 2 is 2.05 bits per heavy atom. The van der Waals surface area contributed by atoms with Crippen molar-refractivity contribution in [3.8, 4) is 11.4 Å². The fourth-order valence-corrected chi connectivity index (χ4v) is 3.73. The van der Waals surface area contributed by atoms with Gasteiger partial charge in [0.15, 0.2) is 0 Å². The number of aryl methyl sites for hydroxylation is 1. The smallest absolute Gasteiger partial charge is 0.1000 e. The van der Waals surface area contributed by atoms with Gasteiger partial charge in [-0.05, 0) is 54.8 Å². The molecular formula is C17H16N2S. The summed E-state index contributed by atoms with van der Waals surface area (Å²) in [6, 6.07) is 12.9. The van der Waals surface area contributed by atoms with Gasteiger partial charge in [0.25, 0.3) is 0 Å². The summed E-state index contributed by atoms with van der Waals surface area (Å²) in [5.74, 6) is 0. The number of fused-ring (bicyclic) bond motifs is 2. The highest BCUT2D eigenvalue weighted by molar-refractivity contribution is 7.98. The molecule has 0 bridgehead atoms. The van der Waals surface area contributed by atoms with Gasteiger partial charge in [-0.3, -0.25) is 0 Å². The summed E-state index contributed by atoms with van der Waals surface area (Å²) < 4.78 is 0. The van der Waals surface area contributed by atoms with Crippen LogP contribution in [0.1, 0.15) is 17.5 Å². The molecule has 3 aromatic rings. The second kappa shape index (κ2) is 4.67. The van der Waals surface area contributed by atoms with Gasteiger partial charge >= 0.3 is 0 Å². The monoisotopic (exact) mass is 280 g/mol. The van der Waals surface area contributed by atoms with Crippen LogP contribution in [0.4, 0.5) is 0 Å². The number of hydrogen-bond donors (Lipinski definition) is 1. The van der Waals surface area contributed by atoms with E-state index in [1.807, 2.05) is 0 Å². The second-order valence-corrected chi connectivity index (χ2v) is 6.07. The Kier molecular flexibility index (Phi) is 2.81. The minimum atomic E-state index is 1.08. The zero-order chi connectivity index (χ0) is 13.5. The van der Waals surface area contributed by atoms with Crippen LogP contribution in [0.3, 0.4) is 0 Å². The van der Waals surface area contributed by atoms with Gasteiger partial charge in [0.05, 0.1) is 16.4 Å². The van der Waals surface area contributed by atoms with Crippen LogP contribution in [0.2, 0.25) is 0 Å². The van der Waals surface area contributed by atoms with Crippen LogP contribution in [-0.2, 0) is 12.8 Å². The predicted octanol–water partition coefficient (Wildman–Crippen LogP) is 4.44. The maximum atomic E-state index is 4.86. The van der Waals surface area contributed by atoms with Gasteiger partial charge in [-0.15, -0.1) is 11.8 Å². The van der Waals surface area contributed by atoms with Crippen LogP contribution >= 0.6 is 11.8 Å². The van der Waals surface area contributed by atoms with Crippen LogP contribution in [0.5, 0.6) is 0 Å². The Morgan fingerprint density at radius 1 is 1.15 bits per heavy atom. The molecule has 4 rings (SSSR count). The lowest BCUT2D eigenvalue weighted by Crippen LogP contribution is -1.94. The summed E-state index contributed by atoms with van der Waals surface area (Å²) in [5.41, 5.74) is 6.33. The summed E-state index contributed by atoms with van der Waals surface area (Å²) in [4.78, 5) is 8.34. The Balaban J connectivity index is 1.89. The van der Waals surface area contributed by atoms with Gasteiger partial charge in [-0.2, -0.15) is 0 Å². The molecule has 1 aromatic carbocycles. The number of H-pyrrole nitrogens is 1. The van der Waals surface area contributed by atoms with E-state index in [1.165, 1.54) is 46.3 Å². The van der Waals surface area contributed by atoms with Crippen LogP contribution in [0, 0.1) is 0 Å². The van der Waals surface area contributed by atoms with Crippen molar-refractivity contribution < 1.29 is 0 Å². The lowest BCUT2D eigenvalue weighted by atomic mass is 10.1. The van der Waals surface area contributed by atoms with E-state index in [2.05, 4.69) is 47.6 Å². The van der Waals surface area contributed by atoms with E-state index in [4.69, 9.17) is 4.98 Å². The Labute approximate surface area is 122 Å². The van der Waals surface area contributed by atoms with Crippen LogP contribution in [0.15, 0.2) is 41.4 Å². The van der Waals surface area contributed by atoms with Crippen molar-refractivity contribution >= 4 is 22.7 Å². The molecule has 20 heavy (non-hydrogen) atoms. The average Bonchev–Trinajstić information content (AvgIpc) is 3.12. The van der Waals surface area contributed by atoms with Crippen molar-refractivity contribution in [3.63, 3.8) is 0 Å². The topological polar surface area (TPSA) is 28.7 Å². The van der Waals surface area contributed by atoms with E-state index in [0.717, 1.165) is 11.4 Å². The van der Waals surface area contributed by atoms with Crippen LogP contribution in [0.25, 0.3) is 22.3 Å². The van der Waals surface area contributed by atoms with Crippen LogP contribution in [-0.4, -0.2) is 16.2 Å². The molecule has 2 nitrogen and oxygen atoms in total. The number of thioether (sulfide) groups is 1. The zero-order valence-corrected chi connectivity index (χ0v) is 12.3. The summed E-state index contributed by atoms with van der Waals surface area (Å²) in [7, 11) is 0. The standard InChI is InChI=1S/C17H16N2S/c1-20-17-13-7-4-6-11(13)9-16(19-17)15-10-12-5-2-3-8-14(12)18-15/h2-3,5,8-10,18H,4,6-7H2,1H3. The maximum absolute atomic E-state index is 4.86. The van der Waals surface area contributed by atoms with Gasteiger partial charge in [0.1, 0.15) is 0 Å². The van der Waals surface area contributed by atoms with Gasteiger partial charge in [0.2, 0.25) is 0 Å². The molecule has 0 saturated heterocycles. The van der Waals surface area contributed by atoms with Gasteiger partial charge in [-0.1, -0.05) is 18.2 Å². The highest BCUT2D eigenvalue weighted by atomic mass is 32.2. The Hall–Kier alpha value is -1.74. The van der Waals surface area contributed by atoms with E-state index in [1.54, 1.807) is 11.8 Å². The van der Waals surface area contributed by atoms with Gasteiger partial charge in [0, 0.05) is 10.9 Å². The molecule has 0 amide bonds. The van der Waals surface area contributed by atoms with Crippen molar-refractivity contribution in [1.29, 1.82) is 0 Å². The molecule has 1 N–H and O–H groups in total. The number of hydrogen-bond acceptors (Lipinski definition) is 2. The molecule has 0 saturated carbocycles. The lowest BCUT2D eigenvalue weighted by Gasteiger charge is -2.08. The Morgan fingerprint density at radius 3 is 2.90 bits per heavy atom. The van der Waals surface area contributed by atoms with Crippen molar-refractivity contribution in [3.05, 3.63) is 47.5 Å². The van der Waals surface area contributed by atoms with E-state index in [9.17, 15) is 0 Å². The summed E-state index contributed by atoms with van der Waals surface area (Å²) in [6.45, 7) is 0. The first-order chi connectivity index (χ1) is 9.85. The zero-order valence-electron chi connectivity index (χ0n) is 11.4. The number of para-hydroxylation sites is 1. The van der Waals surface area contributed by atoms with Gasteiger partial charge < -0.3 is 4.98 Å². The first kappa shape index (κ1) is 12.0.